The summed E-state index contributed by atoms with van der Waals surface area (Å²) in [5.41, 5.74) is 0. The summed E-state index contributed by atoms with van der Waals surface area (Å²) < 4.78 is 0. The molecule has 1 heterocycles. The molecule has 4 nitrogen and oxygen atoms in total. The van der Waals surface area contributed by atoms with E-state index < -0.39 is 0 Å². The van der Waals surface area contributed by atoms with Crippen molar-refractivity contribution < 1.29 is 9.59 Å². The number of nitrogens with one attached hydrogen (secondary N) is 1. The van der Waals surface area contributed by atoms with Crippen LogP contribution in [0.2, 0.25) is 0 Å². The summed E-state index contributed by atoms with van der Waals surface area (Å²) in [5, 5.41) is 3.03. The van der Waals surface area contributed by atoms with Gasteiger partial charge in [0.25, 0.3) is 0 Å². The number of amides is 2. The van der Waals surface area contributed by atoms with E-state index in [1.54, 1.807) is 0 Å². The van der Waals surface area contributed by atoms with Crippen LogP contribution in [0.3, 0.4) is 0 Å². The Morgan fingerprint density at radius 1 is 1.33 bits per heavy atom. The molecule has 1 aliphatic heterocycles. The van der Waals surface area contributed by atoms with Crippen LogP contribution in [0.15, 0.2) is 0 Å². The van der Waals surface area contributed by atoms with E-state index in [9.17, 15) is 9.59 Å². The average molecular weight is 319 g/mol. The first kappa shape index (κ1) is 15.5. The molecule has 5 heteroatoms. The first-order valence-electron chi connectivity index (χ1n) is 6.69. The van der Waals surface area contributed by atoms with Gasteiger partial charge in [-0.15, -0.1) is 0 Å². The molecule has 0 radical (unpaired) electrons. The number of nitrogens with zero attached hydrogens (tertiary/aromatic N) is 1. The van der Waals surface area contributed by atoms with Gasteiger partial charge >= 0.3 is 0 Å². The summed E-state index contributed by atoms with van der Waals surface area (Å²) in [6, 6.07) is 0.222. The van der Waals surface area contributed by atoms with Crippen LogP contribution >= 0.6 is 15.9 Å². The largest absolute Gasteiger partial charge is 0.353 e. The molecule has 0 aromatic carbocycles. The fraction of sp³-hybridized carbons (Fsp3) is 0.846. The van der Waals surface area contributed by atoms with Crippen LogP contribution in [0, 0.1) is 5.92 Å². The highest BCUT2D eigenvalue weighted by Gasteiger charge is 2.26. The molecule has 1 saturated heterocycles. The van der Waals surface area contributed by atoms with Gasteiger partial charge in [-0.1, -0.05) is 36.7 Å². The van der Waals surface area contributed by atoms with Crippen molar-refractivity contribution in [1.82, 2.24) is 10.2 Å². The SMILES string of the molecule is CCC(Br)C(=O)N1CCC(NC(=O)C(C)C)CC1. The zero-order chi connectivity index (χ0) is 13.7. The summed E-state index contributed by atoms with van der Waals surface area (Å²) in [6.45, 7) is 7.26. The first-order chi connectivity index (χ1) is 8.45. The molecule has 1 atom stereocenters. The minimum atomic E-state index is -0.0701. The van der Waals surface area contributed by atoms with Gasteiger partial charge in [-0.25, -0.2) is 0 Å². The van der Waals surface area contributed by atoms with Crippen molar-refractivity contribution in [3.63, 3.8) is 0 Å². The standard InChI is InChI=1S/C13H23BrN2O2/c1-4-11(14)13(18)16-7-5-10(6-8-16)15-12(17)9(2)3/h9-11H,4-8H2,1-3H3,(H,15,17). The number of carbonyl (C=O) groups excluding carboxylic acids is 2. The second-order valence-corrected chi connectivity index (χ2v) is 6.24. The predicted octanol–water partition coefficient (Wildman–Crippen LogP) is 1.92. The van der Waals surface area contributed by atoms with Gasteiger partial charge in [0.15, 0.2) is 0 Å². The fourth-order valence-electron chi connectivity index (χ4n) is 1.98. The lowest BCUT2D eigenvalue weighted by Gasteiger charge is -2.33. The number of hydrogen-bond donors (Lipinski definition) is 1. The lowest BCUT2D eigenvalue weighted by Crippen LogP contribution is -2.48. The minimum absolute atomic E-state index is 0.0247. The lowest BCUT2D eigenvalue weighted by atomic mass is 10.0. The van der Waals surface area contributed by atoms with Crippen LogP contribution in [0.4, 0.5) is 0 Å². The number of likely N-dealkylation sites (tertiary alicyclic amines) is 1. The molecule has 2 amide bonds. The Balaban J connectivity index is 2.37. The lowest BCUT2D eigenvalue weighted by molar-refractivity contribution is -0.131. The number of rotatable bonds is 4. The highest BCUT2D eigenvalue weighted by molar-refractivity contribution is 9.10. The Bertz CT molecular complexity index is 299. The number of carbonyl (C=O) groups is 2. The molecule has 0 saturated carbocycles. The summed E-state index contributed by atoms with van der Waals surface area (Å²) in [6.07, 6.45) is 2.52. The third-order valence-electron chi connectivity index (χ3n) is 3.30. The average Bonchev–Trinajstić information content (AvgIpc) is 2.37. The first-order valence-corrected chi connectivity index (χ1v) is 7.60. The van der Waals surface area contributed by atoms with Crippen molar-refractivity contribution in [1.29, 1.82) is 0 Å². The third-order valence-corrected chi connectivity index (χ3v) is 4.34. The maximum atomic E-state index is 12.0. The van der Waals surface area contributed by atoms with Gasteiger partial charge in [0.2, 0.25) is 11.8 Å². The second-order valence-electron chi connectivity index (χ2n) is 5.14. The molecule has 1 N–H and O–H groups in total. The van der Waals surface area contributed by atoms with Crippen LogP contribution in [-0.4, -0.2) is 40.7 Å². The zero-order valence-corrected chi connectivity index (χ0v) is 13.0. The number of alkyl halides is 1. The van der Waals surface area contributed by atoms with Crippen molar-refractivity contribution in [3.05, 3.63) is 0 Å². The molecule has 1 fully saturated rings. The fourth-order valence-corrected chi connectivity index (χ4v) is 2.27. The maximum Gasteiger partial charge on any atom is 0.236 e. The van der Waals surface area contributed by atoms with Gasteiger partial charge in [0.1, 0.15) is 0 Å². The Hall–Kier alpha value is -0.580. The molecule has 1 rings (SSSR count). The maximum absolute atomic E-state index is 12.0. The Kier molecular flexibility index (Phi) is 6.12. The van der Waals surface area contributed by atoms with Gasteiger partial charge < -0.3 is 10.2 Å². The van der Waals surface area contributed by atoms with Crippen LogP contribution in [0.25, 0.3) is 0 Å². The van der Waals surface area contributed by atoms with Crippen LogP contribution in [0.5, 0.6) is 0 Å². The van der Waals surface area contributed by atoms with Gasteiger partial charge in [-0.3, -0.25) is 9.59 Å². The summed E-state index contributed by atoms with van der Waals surface area (Å²) >= 11 is 3.39. The minimum Gasteiger partial charge on any atom is -0.353 e. The molecular formula is C13H23BrN2O2. The number of piperidine rings is 1. The van der Waals surface area contributed by atoms with E-state index in [2.05, 4.69) is 21.2 Å². The van der Waals surface area contributed by atoms with E-state index in [0.717, 1.165) is 32.4 Å². The van der Waals surface area contributed by atoms with Crippen LogP contribution in [-0.2, 0) is 9.59 Å². The number of halogens is 1. The summed E-state index contributed by atoms with van der Waals surface area (Å²) in [4.78, 5) is 25.4. The summed E-state index contributed by atoms with van der Waals surface area (Å²) in [7, 11) is 0. The smallest absolute Gasteiger partial charge is 0.236 e. The van der Waals surface area contributed by atoms with E-state index in [-0.39, 0.29) is 28.6 Å². The molecular weight excluding hydrogens is 296 g/mol. The molecule has 0 spiro atoms. The van der Waals surface area contributed by atoms with Gasteiger partial charge in [0.05, 0.1) is 4.83 Å². The van der Waals surface area contributed by atoms with Gasteiger partial charge in [-0.05, 0) is 19.3 Å². The number of hydrogen-bond acceptors (Lipinski definition) is 2. The second kappa shape index (κ2) is 7.12. The van der Waals surface area contributed by atoms with E-state index in [1.165, 1.54) is 0 Å². The van der Waals surface area contributed by atoms with Gasteiger partial charge in [0, 0.05) is 25.0 Å². The highest BCUT2D eigenvalue weighted by Crippen LogP contribution is 2.16. The quantitative estimate of drug-likeness (QED) is 0.805. The monoisotopic (exact) mass is 318 g/mol. The van der Waals surface area contributed by atoms with Crippen molar-refractivity contribution in [2.75, 3.05) is 13.1 Å². The molecule has 18 heavy (non-hydrogen) atoms. The zero-order valence-electron chi connectivity index (χ0n) is 11.4. The topological polar surface area (TPSA) is 49.4 Å². The van der Waals surface area contributed by atoms with Crippen molar-refractivity contribution in [3.8, 4) is 0 Å². The van der Waals surface area contributed by atoms with Gasteiger partial charge in [-0.2, -0.15) is 0 Å². The van der Waals surface area contributed by atoms with Crippen molar-refractivity contribution in [2.24, 2.45) is 5.92 Å². The highest BCUT2D eigenvalue weighted by atomic mass is 79.9. The van der Waals surface area contributed by atoms with Crippen LogP contribution < -0.4 is 5.32 Å². The summed E-state index contributed by atoms with van der Waals surface area (Å²) in [5.74, 6) is 0.300. The normalized spacial score (nSPS) is 18.8. The van der Waals surface area contributed by atoms with E-state index in [0.29, 0.717) is 0 Å². The van der Waals surface area contributed by atoms with E-state index in [1.807, 2.05) is 25.7 Å². The Morgan fingerprint density at radius 2 is 1.89 bits per heavy atom. The van der Waals surface area contributed by atoms with Crippen LogP contribution in [0.1, 0.15) is 40.0 Å². The van der Waals surface area contributed by atoms with E-state index in [4.69, 9.17) is 0 Å². The Labute approximate surface area is 118 Å². The Morgan fingerprint density at radius 3 is 2.33 bits per heavy atom. The van der Waals surface area contributed by atoms with E-state index >= 15 is 0 Å². The predicted molar refractivity (Wildman–Crippen MR) is 75.6 cm³/mol. The molecule has 104 valence electrons. The molecule has 0 aromatic heterocycles. The molecule has 0 bridgehead atoms. The molecule has 0 aromatic rings. The molecule has 1 aliphatic rings. The third kappa shape index (κ3) is 4.26. The van der Waals surface area contributed by atoms with Crippen molar-refractivity contribution in [2.45, 2.75) is 50.9 Å². The molecule has 1 unspecified atom stereocenters. The molecule has 0 aliphatic carbocycles. The van der Waals surface area contributed by atoms with Crippen molar-refractivity contribution >= 4 is 27.7 Å².